The summed E-state index contributed by atoms with van der Waals surface area (Å²) < 4.78 is 6.08. The Morgan fingerprint density at radius 1 is 1.15 bits per heavy atom. The topological polar surface area (TPSA) is 38.3 Å². The fourth-order valence-corrected chi connectivity index (χ4v) is 2.51. The maximum absolute atomic E-state index is 11.8. The van der Waals surface area contributed by atoms with E-state index in [0.29, 0.717) is 5.75 Å². The first kappa shape index (κ1) is 14.9. The number of thioether (sulfide) groups is 1. The van der Waals surface area contributed by atoms with Crippen LogP contribution in [0, 0.1) is 0 Å². The lowest BCUT2D eigenvalue weighted by Gasteiger charge is -2.06. The zero-order chi connectivity index (χ0) is 14.4. The highest BCUT2D eigenvalue weighted by Gasteiger charge is 2.04. The summed E-state index contributed by atoms with van der Waals surface area (Å²) in [7, 11) is 1.63. The summed E-state index contributed by atoms with van der Waals surface area (Å²) in [6.07, 6.45) is 0. The molecule has 1 N–H and O–H groups in total. The van der Waals surface area contributed by atoms with E-state index in [-0.39, 0.29) is 5.91 Å². The van der Waals surface area contributed by atoms with Gasteiger partial charge in [-0.25, -0.2) is 0 Å². The molecule has 5 heteroatoms. The van der Waals surface area contributed by atoms with Crippen LogP contribution in [0.3, 0.4) is 0 Å². The van der Waals surface area contributed by atoms with E-state index >= 15 is 0 Å². The van der Waals surface area contributed by atoms with Crippen LogP contribution in [-0.4, -0.2) is 18.8 Å². The van der Waals surface area contributed by atoms with Crippen LogP contribution in [0.4, 0.5) is 5.69 Å². The van der Waals surface area contributed by atoms with Crippen molar-refractivity contribution in [2.24, 2.45) is 0 Å². The molecule has 0 atom stereocenters. The van der Waals surface area contributed by atoms with E-state index < -0.39 is 0 Å². The number of carbonyl (C=O) groups excluding carboxylic acids is 1. The van der Waals surface area contributed by atoms with Crippen molar-refractivity contribution in [3.8, 4) is 5.75 Å². The Morgan fingerprint density at radius 3 is 2.40 bits per heavy atom. The summed E-state index contributed by atoms with van der Waals surface area (Å²) in [5.41, 5.74) is 0.800. The Kier molecular flexibility index (Phi) is 5.49. The second-order valence-electron chi connectivity index (χ2n) is 4.02. The van der Waals surface area contributed by atoms with E-state index in [2.05, 4.69) is 21.2 Å². The molecule has 0 aliphatic heterocycles. The molecule has 3 nitrogen and oxygen atoms in total. The van der Waals surface area contributed by atoms with Crippen molar-refractivity contribution in [2.45, 2.75) is 4.90 Å². The fourth-order valence-electron chi connectivity index (χ4n) is 1.55. The van der Waals surface area contributed by atoms with E-state index in [4.69, 9.17) is 4.74 Å². The monoisotopic (exact) mass is 351 g/mol. The van der Waals surface area contributed by atoms with Crippen molar-refractivity contribution in [1.29, 1.82) is 0 Å². The van der Waals surface area contributed by atoms with Gasteiger partial charge >= 0.3 is 0 Å². The number of rotatable bonds is 5. The summed E-state index contributed by atoms with van der Waals surface area (Å²) >= 11 is 4.85. The van der Waals surface area contributed by atoms with Crippen LogP contribution in [0.1, 0.15) is 0 Å². The van der Waals surface area contributed by atoms with Crippen LogP contribution < -0.4 is 10.1 Å². The zero-order valence-electron chi connectivity index (χ0n) is 10.9. The molecule has 20 heavy (non-hydrogen) atoms. The molecule has 0 spiro atoms. The summed E-state index contributed by atoms with van der Waals surface area (Å²) in [6.45, 7) is 0. The third-order valence-corrected chi connectivity index (χ3v) is 4.10. The zero-order valence-corrected chi connectivity index (χ0v) is 13.3. The molecule has 2 aromatic carbocycles. The van der Waals surface area contributed by atoms with Crippen LogP contribution in [0.25, 0.3) is 0 Å². The molecule has 0 saturated carbocycles. The average molecular weight is 352 g/mol. The molecule has 2 rings (SSSR count). The number of nitrogens with one attached hydrogen (secondary N) is 1. The summed E-state index contributed by atoms with van der Waals surface area (Å²) in [6, 6.07) is 15.2. The quantitative estimate of drug-likeness (QED) is 0.820. The van der Waals surface area contributed by atoms with Gasteiger partial charge in [0, 0.05) is 15.1 Å². The molecule has 1 amide bonds. The van der Waals surface area contributed by atoms with Gasteiger partial charge in [0.2, 0.25) is 5.91 Å². The molecular formula is C15H14BrNO2S. The highest BCUT2D eigenvalue weighted by atomic mass is 79.9. The summed E-state index contributed by atoms with van der Waals surface area (Å²) in [5, 5.41) is 2.86. The minimum Gasteiger partial charge on any atom is -0.497 e. The smallest absolute Gasteiger partial charge is 0.234 e. The van der Waals surface area contributed by atoms with Gasteiger partial charge in [-0.3, -0.25) is 4.79 Å². The number of methoxy groups -OCH3 is 1. The van der Waals surface area contributed by atoms with Gasteiger partial charge in [-0.2, -0.15) is 0 Å². The number of ether oxygens (including phenoxy) is 1. The summed E-state index contributed by atoms with van der Waals surface area (Å²) in [5.74, 6) is 1.17. The Hall–Kier alpha value is -1.46. The number of carbonyl (C=O) groups is 1. The van der Waals surface area contributed by atoms with Crippen LogP contribution in [0.5, 0.6) is 5.75 Å². The molecule has 104 valence electrons. The van der Waals surface area contributed by atoms with Crippen molar-refractivity contribution in [1.82, 2.24) is 0 Å². The molecule has 0 aliphatic carbocycles. The number of halogens is 1. The van der Waals surface area contributed by atoms with Gasteiger partial charge in [-0.15, -0.1) is 11.8 Å². The number of hydrogen-bond acceptors (Lipinski definition) is 3. The maximum atomic E-state index is 11.8. The van der Waals surface area contributed by atoms with E-state index in [1.807, 2.05) is 48.5 Å². The Balaban J connectivity index is 1.83. The van der Waals surface area contributed by atoms with Crippen LogP contribution >= 0.6 is 27.7 Å². The van der Waals surface area contributed by atoms with Gasteiger partial charge in [0.25, 0.3) is 0 Å². The van der Waals surface area contributed by atoms with Crippen molar-refractivity contribution < 1.29 is 9.53 Å². The molecule has 0 fully saturated rings. The lowest BCUT2D eigenvalue weighted by atomic mass is 10.3. The predicted octanol–water partition coefficient (Wildman–Crippen LogP) is 4.19. The SMILES string of the molecule is COc1ccc(SCC(=O)Nc2ccc(Br)cc2)cc1. The van der Waals surface area contributed by atoms with Gasteiger partial charge in [0.1, 0.15) is 5.75 Å². The van der Waals surface area contributed by atoms with Gasteiger partial charge in [0.15, 0.2) is 0 Å². The third-order valence-electron chi connectivity index (χ3n) is 2.56. The van der Waals surface area contributed by atoms with Gasteiger partial charge < -0.3 is 10.1 Å². The van der Waals surface area contributed by atoms with Crippen molar-refractivity contribution >= 4 is 39.3 Å². The molecule has 0 heterocycles. The molecule has 0 aliphatic rings. The van der Waals surface area contributed by atoms with E-state index in [1.54, 1.807) is 7.11 Å². The lowest BCUT2D eigenvalue weighted by molar-refractivity contribution is -0.113. The molecular weight excluding hydrogens is 338 g/mol. The molecule has 0 aromatic heterocycles. The van der Waals surface area contributed by atoms with E-state index in [9.17, 15) is 4.79 Å². The largest absolute Gasteiger partial charge is 0.497 e. The summed E-state index contributed by atoms with van der Waals surface area (Å²) in [4.78, 5) is 12.9. The first-order valence-corrected chi connectivity index (χ1v) is 7.77. The van der Waals surface area contributed by atoms with Crippen molar-refractivity contribution in [3.63, 3.8) is 0 Å². The highest BCUT2D eigenvalue weighted by molar-refractivity contribution is 9.10. The Labute approximate surface area is 130 Å². The standard InChI is InChI=1S/C15H14BrNO2S/c1-19-13-6-8-14(9-7-13)20-10-15(18)17-12-4-2-11(16)3-5-12/h2-9H,10H2,1H3,(H,17,18). The molecule has 0 saturated heterocycles. The Morgan fingerprint density at radius 2 is 1.80 bits per heavy atom. The molecule has 0 unspecified atom stereocenters. The Bertz CT molecular complexity index is 569. The molecule has 0 radical (unpaired) electrons. The second-order valence-corrected chi connectivity index (χ2v) is 5.98. The van der Waals surface area contributed by atoms with Crippen LogP contribution in [0.15, 0.2) is 57.9 Å². The number of benzene rings is 2. The molecule has 0 bridgehead atoms. The van der Waals surface area contributed by atoms with Crippen LogP contribution in [0.2, 0.25) is 0 Å². The number of anilines is 1. The lowest BCUT2D eigenvalue weighted by Crippen LogP contribution is -2.13. The first-order valence-electron chi connectivity index (χ1n) is 5.99. The van der Waals surface area contributed by atoms with Crippen molar-refractivity contribution in [3.05, 3.63) is 53.0 Å². The fraction of sp³-hybridized carbons (Fsp3) is 0.133. The average Bonchev–Trinajstić information content (AvgIpc) is 2.48. The number of amides is 1. The normalized spacial score (nSPS) is 10.1. The van der Waals surface area contributed by atoms with Gasteiger partial charge in [0.05, 0.1) is 12.9 Å². The first-order chi connectivity index (χ1) is 9.67. The second kappa shape index (κ2) is 7.36. The number of hydrogen-bond donors (Lipinski definition) is 1. The van der Waals surface area contributed by atoms with E-state index in [1.165, 1.54) is 11.8 Å². The molecule has 2 aromatic rings. The predicted molar refractivity (Wildman–Crippen MR) is 86.5 cm³/mol. The highest BCUT2D eigenvalue weighted by Crippen LogP contribution is 2.21. The van der Waals surface area contributed by atoms with Crippen LogP contribution in [-0.2, 0) is 4.79 Å². The van der Waals surface area contributed by atoms with E-state index in [0.717, 1.165) is 20.8 Å². The van der Waals surface area contributed by atoms with Gasteiger partial charge in [-0.05, 0) is 48.5 Å². The maximum Gasteiger partial charge on any atom is 0.234 e. The van der Waals surface area contributed by atoms with Crippen molar-refractivity contribution in [2.75, 3.05) is 18.2 Å². The minimum absolute atomic E-state index is 0.0202. The third kappa shape index (κ3) is 4.58. The minimum atomic E-state index is -0.0202. The van der Waals surface area contributed by atoms with Gasteiger partial charge in [-0.1, -0.05) is 15.9 Å².